The molecule has 9 heteroatoms. The van der Waals surface area contributed by atoms with Gasteiger partial charge in [0.05, 0.1) is 10.6 Å². The van der Waals surface area contributed by atoms with E-state index in [1.54, 1.807) is 31.1 Å². The lowest BCUT2D eigenvalue weighted by Gasteiger charge is -2.13. The van der Waals surface area contributed by atoms with E-state index in [2.05, 4.69) is 10.3 Å². The van der Waals surface area contributed by atoms with Gasteiger partial charge in [-0.1, -0.05) is 0 Å². The van der Waals surface area contributed by atoms with Crippen molar-refractivity contribution in [1.29, 1.82) is 0 Å². The highest BCUT2D eigenvalue weighted by Gasteiger charge is 2.19. The molecule has 0 aliphatic rings. The van der Waals surface area contributed by atoms with Crippen LogP contribution < -0.4 is 10.2 Å². The van der Waals surface area contributed by atoms with E-state index < -0.39 is 10.8 Å². The average Bonchev–Trinajstić information content (AvgIpc) is 2.92. The standard InChI is InChI=1S/C15H19N5O3S/c1-18(2)8-11-9-24-15(16-11)17-14(21)10-5-6-12(19(3)4)13(7-10)20(22)23/h5-7,9H,8H2,1-4H3,(H,16,17,21). The smallest absolute Gasteiger partial charge is 0.293 e. The number of rotatable bonds is 6. The monoisotopic (exact) mass is 349 g/mol. The van der Waals surface area contributed by atoms with Gasteiger partial charge < -0.3 is 9.80 Å². The molecule has 1 aromatic carbocycles. The number of aromatic nitrogens is 1. The number of carbonyl (C=O) groups is 1. The summed E-state index contributed by atoms with van der Waals surface area (Å²) in [6.07, 6.45) is 0. The molecule has 2 rings (SSSR count). The van der Waals surface area contributed by atoms with Gasteiger partial charge in [-0.05, 0) is 26.2 Å². The normalized spacial score (nSPS) is 10.7. The van der Waals surface area contributed by atoms with Crippen LogP contribution in [0.5, 0.6) is 0 Å². The summed E-state index contributed by atoms with van der Waals surface area (Å²) in [5.41, 5.74) is 1.41. The average molecular weight is 349 g/mol. The second-order valence-electron chi connectivity index (χ2n) is 5.69. The molecule has 0 bridgehead atoms. The van der Waals surface area contributed by atoms with E-state index in [1.807, 2.05) is 24.4 Å². The van der Waals surface area contributed by atoms with Crippen molar-refractivity contribution in [2.24, 2.45) is 0 Å². The number of nitro groups is 1. The highest BCUT2D eigenvalue weighted by molar-refractivity contribution is 7.13. The predicted molar refractivity (Wildman–Crippen MR) is 94.9 cm³/mol. The topological polar surface area (TPSA) is 91.6 Å². The Hall–Kier alpha value is -2.52. The van der Waals surface area contributed by atoms with Gasteiger partial charge in [0.15, 0.2) is 5.13 Å². The number of nitro benzene ring substituents is 1. The number of nitrogens with one attached hydrogen (secondary N) is 1. The Bertz CT molecular complexity index is 757. The number of carbonyl (C=O) groups excluding carboxylic acids is 1. The van der Waals surface area contributed by atoms with Crippen molar-refractivity contribution in [2.45, 2.75) is 6.54 Å². The SMILES string of the molecule is CN(C)Cc1csc(NC(=O)c2ccc(N(C)C)c([N+](=O)[O-])c2)n1. The summed E-state index contributed by atoms with van der Waals surface area (Å²) in [4.78, 5) is 30.9. The van der Waals surface area contributed by atoms with Crippen molar-refractivity contribution in [2.75, 3.05) is 38.4 Å². The molecule has 0 saturated heterocycles. The van der Waals surface area contributed by atoms with Crippen LogP contribution in [0.2, 0.25) is 0 Å². The molecule has 0 saturated carbocycles. The van der Waals surface area contributed by atoms with Crippen LogP contribution in [0.1, 0.15) is 16.1 Å². The molecule has 1 amide bonds. The zero-order chi connectivity index (χ0) is 17.9. The maximum Gasteiger partial charge on any atom is 0.293 e. The molecule has 0 atom stereocenters. The largest absolute Gasteiger partial charge is 0.372 e. The van der Waals surface area contributed by atoms with Gasteiger partial charge in [0, 0.05) is 37.6 Å². The number of benzene rings is 1. The molecule has 0 spiro atoms. The summed E-state index contributed by atoms with van der Waals surface area (Å²) in [5.74, 6) is -0.422. The van der Waals surface area contributed by atoms with Gasteiger partial charge >= 0.3 is 0 Å². The van der Waals surface area contributed by atoms with Gasteiger partial charge in [-0.15, -0.1) is 11.3 Å². The van der Waals surface area contributed by atoms with Crippen molar-refractivity contribution < 1.29 is 9.72 Å². The van der Waals surface area contributed by atoms with Gasteiger partial charge in [0.25, 0.3) is 11.6 Å². The van der Waals surface area contributed by atoms with Crippen LogP contribution in [-0.4, -0.2) is 48.9 Å². The molecule has 1 aromatic heterocycles. The van der Waals surface area contributed by atoms with E-state index in [4.69, 9.17) is 0 Å². The van der Waals surface area contributed by atoms with E-state index in [0.717, 1.165) is 5.69 Å². The van der Waals surface area contributed by atoms with Crippen molar-refractivity contribution >= 4 is 33.8 Å². The lowest BCUT2D eigenvalue weighted by molar-refractivity contribution is -0.384. The summed E-state index contributed by atoms with van der Waals surface area (Å²) in [6.45, 7) is 0.676. The molecular weight excluding hydrogens is 330 g/mol. The highest BCUT2D eigenvalue weighted by atomic mass is 32.1. The predicted octanol–water partition coefficient (Wildman–Crippen LogP) is 2.43. The minimum atomic E-state index is -0.495. The Balaban J connectivity index is 2.19. The fourth-order valence-electron chi connectivity index (χ4n) is 2.12. The molecule has 0 aliphatic heterocycles. The zero-order valence-electron chi connectivity index (χ0n) is 13.9. The van der Waals surface area contributed by atoms with Crippen LogP contribution in [0.3, 0.4) is 0 Å². The fourth-order valence-corrected chi connectivity index (χ4v) is 2.82. The van der Waals surface area contributed by atoms with Crippen LogP contribution in [0, 0.1) is 10.1 Å². The highest BCUT2D eigenvalue weighted by Crippen LogP contribution is 2.28. The minimum absolute atomic E-state index is 0.111. The zero-order valence-corrected chi connectivity index (χ0v) is 14.8. The first-order chi connectivity index (χ1) is 11.3. The van der Waals surface area contributed by atoms with Crippen LogP contribution in [0.25, 0.3) is 0 Å². The van der Waals surface area contributed by atoms with Crippen LogP contribution in [-0.2, 0) is 6.54 Å². The van der Waals surface area contributed by atoms with Crippen molar-refractivity contribution in [3.05, 3.63) is 45.0 Å². The summed E-state index contributed by atoms with van der Waals surface area (Å²) in [7, 11) is 7.29. The number of hydrogen-bond acceptors (Lipinski definition) is 7. The van der Waals surface area contributed by atoms with Crippen molar-refractivity contribution in [3.8, 4) is 0 Å². The minimum Gasteiger partial charge on any atom is -0.372 e. The van der Waals surface area contributed by atoms with Crippen LogP contribution in [0.4, 0.5) is 16.5 Å². The van der Waals surface area contributed by atoms with Gasteiger partial charge in [-0.2, -0.15) is 0 Å². The fraction of sp³-hybridized carbons (Fsp3) is 0.333. The second-order valence-corrected chi connectivity index (χ2v) is 6.55. The molecule has 0 fully saturated rings. The summed E-state index contributed by atoms with van der Waals surface area (Å²) >= 11 is 1.32. The quantitative estimate of drug-likeness (QED) is 0.636. The summed E-state index contributed by atoms with van der Waals surface area (Å²) in [6, 6.07) is 4.40. The molecule has 0 aliphatic carbocycles. The molecule has 128 valence electrons. The summed E-state index contributed by atoms with van der Waals surface area (Å²) in [5, 5.41) is 16.2. The van der Waals surface area contributed by atoms with Crippen LogP contribution >= 0.6 is 11.3 Å². The molecule has 0 radical (unpaired) electrons. The number of nitrogens with zero attached hydrogens (tertiary/aromatic N) is 4. The Kier molecular flexibility index (Phi) is 5.47. The molecule has 8 nitrogen and oxygen atoms in total. The maximum absolute atomic E-state index is 12.3. The van der Waals surface area contributed by atoms with Gasteiger partial charge in [0.2, 0.25) is 0 Å². The van der Waals surface area contributed by atoms with E-state index in [0.29, 0.717) is 17.4 Å². The first-order valence-corrected chi connectivity index (χ1v) is 8.02. The first-order valence-electron chi connectivity index (χ1n) is 7.14. The molecule has 1 N–H and O–H groups in total. The number of amides is 1. The molecule has 1 heterocycles. The molecular formula is C15H19N5O3S. The second kappa shape index (κ2) is 7.37. The van der Waals surface area contributed by atoms with E-state index in [9.17, 15) is 14.9 Å². The Morgan fingerprint density at radius 3 is 2.62 bits per heavy atom. The summed E-state index contributed by atoms with van der Waals surface area (Å²) < 4.78 is 0. The lowest BCUT2D eigenvalue weighted by Crippen LogP contribution is -2.15. The third kappa shape index (κ3) is 4.27. The molecule has 0 unspecified atom stereocenters. The Morgan fingerprint density at radius 1 is 1.33 bits per heavy atom. The first kappa shape index (κ1) is 17.8. The third-order valence-corrected chi connectivity index (χ3v) is 3.97. The van der Waals surface area contributed by atoms with E-state index in [-0.39, 0.29) is 11.3 Å². The lowest BCUT2D eigenvalue weighted by atomic mass is 10.1. The van der Waals surface area contributed by atoms with E-state index >= 15 is 0 Å². The number of anilines is 2. The Morgan fingerprint density at radius 2 is 2.04 bits per heavy atom. The maximum atomic E-state index is 12.3. The van der Waals surface area contributed by atoms with Gasteiger partial charge in [-0.3, -0.25) is 20.2 Å². The van der Waals surface area contributed by atoms with Gasteiger partial charge in [0.1, 0.15) is 5.69 Å². The Labute approximate surface area is 143 Å². The number of thiazole rings is 1. The molecule has 2 aromatic rings. The van der Waals surface area contributed by atoms with Gasteiger partial charge in [-0.25, -0.2) is 4.98 Å². The number of hydrogen-bond donors (Lipinski definition) is 1. The third-order valence-electron chi connectivity index (χ3n) is 3.17. The van der Waals surface area contributed by atoms with E-state index in [1.165, 1.54) is 17.4 Å². The van der Waals surface area contributed by atoms with Crippen molar-refractivity contribution in [3.63, 3.8) is 0 Å². The van der Waals surface area contributed by atoms with Crippen LogP contribution in [0.15, 0.2) is 23.6 Å². The van der Waals surface area contributed by atoms with Crippen molar-refractivity contribution in [1.82, 2.24) is 9.88 Å². The molecule has 24 heavy (non-hydrogen) atoms.